The first-order chi connectivity index (χ1) is 25.7. The molecule has 56 heavy (non-hydrogen) atoms. The number of phosphoric ester groups is 3. The van der Waals surface area contributed by atoms with Crippen LogP contribution in [0.2, 0.25) is 0 Å². The topological polar surface area (TPSA) is 213 Å². The first kappa shape index (κ1) is 55.5. The Hall–Kier alpha value is -0.530. The van der Waals surface area contributed by atoms with Gasteiger partial charge in [-0.2, -0.15) is 0 Å². The SMILES string of the molecule is CC(C)(C)CCCCC(=O)CCCCCCCOP(=O)(O)OCC(COP(=O)(O)OCCCCCCNC(=O)CCCCC(C)(C)C)OP(=O)(O)OC(C)(C)C. The number of hydrogen-bond donors (Lipinski definition) is 4. The van der Waals surface area contributed by atoms with E-state index in [1.165, 1.54) is 20.8 Å². The van der Waals surface area contributed by atoms with E-state index in [-0.39, 0.29) is 35.7 Å². The predicted octanol–water partition coefficient (Wildman–Crippen LogP) is 10.4. The van der Waals surface area contributed by atoms with Gasteiger partial charge in [0, 0.05) is 25.8 Å². The van der Waals surface area contributed by atoms with Crippen molar-refractivity contribution >= 4 is 35.2 Å². The van der Waals surface area contributed by atoms with Crippen molar-refractivity contribution in [2.24, 2.45) is 10.8 Å². The van der Waals surface area contributed by atoms with E-state index in [0.717, 1.165) is 70.6 Å². The van der Waals surface area contributed by atoms with Crippen molar-refractivity contribution in [2.75, 3.05) is 33.0 Å². The molecule has 4 N–H and O–H groups in total. The molecule has 0 saturated heterocycles. The average Bonchev–Trinajstić information content (AvgIpc) is 3.03. The Balaban J connectivity index is 4.57. The summed E-state index contributed by atoms with van der Waals surface area (Å²) >= 11 is 0. The van der Waals surface area contributed by atoms with Gasteiger partial charge in [0.2, 0.25) is 5.91 Å². The Morgan fingerprint density at radius 3 is 1.41 bits per heavy atom. The van der Waals surface area contributed by atoms with Crippen LogP contribution in [-0.4, -0.2) is 71.0 Å². The van der Waals surface area contributed by atoms with Gasteiger partial charge in [-0.3, -0.25) is 36.7 Å². The van der Waals surface area contributed by atoms with E-state index in [1.54, 1.807) is 0 Å². The lowest BCUT2D eigenvalue weighted by molar-refractivity contribution is -0.121. The minimum Gasteiger partial charge on any atom is -0.356 e. The van der Waals surface area contributed by atoms with Crippen molar-refractivity contribution < 1.29 is 65.1 Å². The Bertz CT molecular complexity index is 1160. The van der Waals surface area contributed by atoms with Crippen LogP contribution in [0.25, 0.3) is 0 Å². The van der Waals surface area contributed by atoms with Crippen molar-refractivity contribution in [3.05, 3.63) is 0 Å². The quantitative estimate of drug-likeness (QED) is 0.0350. The molecule has 0 aliphatic carbocycles. The minimum atomic E-state index is -4.79. The van der Waals surface area contributed by atoms with Crippen LogP contribution < -0.4 is 5.32 Å². The third kappa shape index (κ3) is 37.7. The van der Waals surface area contributed by atoms with Gasteiger partial charge in [0.25, 0.3) is 0 Å². The maximum Gasteiger partial charge on any atom is 0.473 e. The summed E-state index contributed by atoms with van der Waals surface area (Å²) in [4.78, 5) is 54.7. The zero-order valence-electron chi connectivity index (χ0n) is 36.0. The molecule has 4 unspecified atom stereocenters. The number of nitrogens with one attached hydrogen (secondary N) is 1. The van der Waals surface area contributed by atoms with Gasteiger partial charge in [-0.25, -0.2) is 13.7 Å². The first-order valence-corrected chi connectivity index (χ1v) is 24.9. The van der Waals surface area contributed by atoms with E-state index in [4.69, 9.17) is 27.1 Å². The Morgan fingerprint density at radius 1 is 0.536 bits per heavy atom. The predicted molar refractivity (Wildman–Crippen MR) is 219 cm³/mol. The highest BCUT2D eigenvalue weighted by Gasteiger charge is 2.35. The maximum absolute atomic E-state index is 12.6. The van der Waals surface area contributed by atoms with Crippen molar-refractivity contribution in [3.8, 4) is 0 Å². The molecule has 0 rings (SSSR count). The zero-order chi connectivity index (χ0) is 42.9. The minimum absolute atomic E-state index is 0.0331. The van der Waals surface area contributed by atoms with Crippen LogP contribution >= 0.6 is 23.5 Å². The molecule has 0 aliphatic heterocycles. The van der Waals surface area contributed by atoms with E-state index in [9.17, 15) is 38.0 Å². The molecule has 0 spiro atoms. The van der Waals surface area contributed by atoms with Crippen molar-refractivity contribution in [3.63, 3.8) is 0 Å². The third-order valence-electron chi connectivity index (χ3n) is 8.23. The van der Waals surface area contributed by atoms with Gasteiger partial charge in [-0.15, -0.1) is 0 Å². The lowest BCUT2D eigenvalue weighted by Crippen LogP contribution is -2.27. The van der Waals surface area contributed by atoms with Crippen LogP contribution in [-0.2, 0) is 50.4 Å². The standard InChI is InChI=1S/C38H78NO14P3/c1-36(2,3)26-18-16-24-33(40)23-15-11-10-13-21-29-48-54(42,43)50-31-34(52-56(46,47)53-38(7,8)9)32-51-55(44,45)49-30-22-14-12-20-28-39-35(41)25-17-19-27-37(4,5)6/h34H,10-32H2,1-9H3,(H,39,41)(H,42,43)(H,44,45)(H,46,47). The maximum atomic E-state index is 12.6. The lowest BCUT2D eigenvalue weighted by atomic mass is 9.89. The number of Topliss-reactive ketones (excluding diaryl/α,β-unsaturated/α-hetero) is 1. The highest BCUT2D eigenvalue weighted by molar-refractivity contribution is 7.48. The number of rotatable bonds is 34. The Kier molecular flexibility index (Phi) is 27.8. The molecule has 0 saturated carbocycles. The highest BCUT2D eigenvalue weighted by atomic mass is 31.2. The second kappa shape index (κ2) is 28.1. The molecule has 0 heterocycles. The summed E-state index contributed by atoms with van der Waals surface area (Å²) in [5.74, 6) is 0.314. The molecule has 0 aromatic carbocycles. The lowest BCUT2D eigenvalue weighted by Gasteiger charge is -2.26. The Labute approximate surface area is 338 Å². The van der Waals surface area contributed by atoms with Gasteiger partial charge in [-0.05, 0) is 83.0 Å². The second-order valence-electron chi connectivity index (χ2n) is 18.0. The summed E-state index contributed by atoms with van der Waals surface area (Å²) in [6, 6.07) is 0. The summed E-state index contributed by atoms with van der Waals surface area (Å²) in [5, 5.41) is 2.91. The van der Waals surface area contributed by atoms with Crippen LogP contribution in [0, 0.1) is 10.8 Å². The number of phosphoric acid groups is 3. The molecule has 0 aromatic rings. The van der Waals surface area contributed by atoms with Gasteiger partial charge < -0.3 is 20.0 Å². The molecular formula is C38H78NO14P3. The largest absolute Gasteiger partial charge is 0.473 e. The molecule has 0 radical (unpaired) electrons. The number of ketones is 1. The highest BCUT2D eigenvalue weighted by Crippen LogP contribution is 2.51. The number of amides is 1. The van der Waals surface area contributed by atoms with Crippen LogP contribution in [0.5, 0.6) is 0 Å². The molecule has 0 aliphatic rings. The normalized spacial score (nSPS) is 16.5. The summed E-state index contributed by atoms with van der Waals surface area (Å²) in [7, 11) is -14.1. The van der Waals surface area contributed by atoms with Crippen LogP contribution in [0.15, 0.2) is 0 Å². The number of carbonyl (C=O) groups is 2. The summed E-state index contributed by atoms with van der Waals surface area (Å²) < 4.78 is 67.8. The molecule has 18 heteroatoms. The number of carbonyl (C=O) groups excluding carboxylic acids is 2. The number of unbranched alkanes of at least 4 members (excludes halogenated alkanes) is 9. The van der Waals surface area contributed by atoms with E-state index in [2.05, 4.69) is 46.9 Å². The van der Waals surface area contributed by atoms with E-state index in [0.29, 0.717) is 51.5 Å². The fraction of sp³-hybridized carbons (Fsp3) is 0.947. The van der Waals surface area contributed by atoms with E-state index >= 15 is 0 Å². The monoisotopic (exact) mass is 865 g/mol. The summed E-state index contributed by atoms with van der Waals surface area (Å²) in [6.45, 7) is 16.4. The van der Waals surface area contributed by atoms with Gasteiger partial charge in [-0.1, -0.05) is 86.5 Å². The number of hydrogen-bond acceptors (Lipinski definition) is 11. The smallest absolute Gasteiger partial charge is 0.356 e. The van der Waals surface area contributed by atoms with Crippen molar-refractivity contribution in [1.82, 2.24) is 5.32 Å². The van der Waals surface area contributed by atoms with Gasteiger partial charge in [0.15, 0.2) is 0 Å². The fourth-order valence-electron chi connectivity index (χ4n) is 5.35. The Morgan fingerprint density at radius 2 is 0.946 bits per heavy atom. The molecule has 334 valence electrons. The van der Waals surface area contributed by atoms with Crippen molar-refractivity contribution in [1.29, 1.82) is 0 Å². The second-order valence-corrected chi connectivity index (χ2v) is 22.2. The van der Waals surface area contributed by atoms with Gasteiger partial charge in [0.05, 0.1) is 32.0 Å². The fourth-order valence-corrected chi connectivity index (χ4v) is 8.16. The van der Waals surface area contributed by atoms with Crippen LogP contribution in [0.4, 0.5) is 0 Å². The molecule has 0 aromatic heterocycles. The van der Waals surface area contributed by atoms with Crippen molar-refractivity contribution in [2.45, 2.75) is 190 Å². The molecule has 15 nitrogen and oxygen atoms in total. The van der Waals surface area contributed by atoms with Gasteiger partial charge in [0.1, 0.15) is 11.9 Å². The van der Waals surface area contributed by atoms with E-state index in [1.807, 2.05) is 0 Å². The first-order valence-electron chi connectivity index (χ1n) is 20.4. The zero-order valence-corrected chi connectivity index (χ0v) is 38.7. The molecular weight excluding hydrogens is 787 g/mol. The molecule has 1 amide bonds. The van der Waals surface area contributed by atoms with Gasteiger partial charge >= 0.3 is 23.5 Å². The molecule has 0 bridgehead atoms. The van der Waals surface area contributed by atoms with E-state index < -0.39 is 48.4 Å². The molecule has 0 fully saturated rings. The van der Waals surface area contributed by atoms with Crippen LogP contribution in [0.1, 0.15) is 178 Å². The average molecular weight is 866 g/mol. The summed E-state index contributed by atoms with van der Waals surface area (Å²) in [5.41, 5.74) is -0.571. The van der Waals surface area contributed by atoms with Crippen LogP contribution in [0.3, 0.4) is 0 Å². The summed E-state index contributed by atoms with van der Waals surface area (Å²) in [6.07, 6.45) is 12.3. The third-order valence-corrected chi connectivity index (χ3v) is 11.5. The molecule has 4 atom stereocenters.